The molecule has 0 aromatic heterocycles. The van der Waals surface area contributed by atoms with Gasteiger partial charge in [0, 0.05) is 16.7 Å². The van der Waals surface area contributed by atoms with E-state index in [-0.39, 0.29) is 6.03 Å². The van der Waals surface area contributed by atoms with Gasteiger partial charge in [0.25, 0.3) is 0 Å². The van der Waals surface area contributed by atoms with Gasteiger partial charge < -0.3 is 10.1 Å². The fraction of sp³-hybridized carbons (Fsp3) is 0.394. The minimum atomic E-state index is -1.14. The highest BCUT2D eigenvalue weighted by atomic mass is 16.5. The van der Waals surface area contributed by atoms with E-state index in [0.29, 0.717) is 12.4 Å². The molecule has 0 saturated heterocycles. The Morgan fingerprint density at radius 2 is 1.55 bits per heavy atom. The molecule has 3 aromatic rings. The van der Waals surface area contributed by atoms with Crippen LogP contribution in [0.3, 0.4) is 0 Å². The second-order valence-electron chi connectivity index (χ2n) is 11.0. The number of amidine groups is 1. The van der Waals surface area contributed by atoms with Crippen LogP contribution in [0.1, 0.15) is 78.5 Å². The molecule has 0 aliphatic carbocycles. The highest BCUT2D eigenvalue weighted by molar-refractivity contribution is 6.10. The van der Waals surface area contributed by atoms with Crippen LogP contribution in [0.25, 0.3) is 0 Å². The number of carbonyl (C=O) groups is 1. The highest BCUT2D eigenvalue weighted by Gasteiger charge is 2.43. The third kappa shape index (κ3) is 6.09. The van der Waals surface area contributed by atoms with Crippen molar-refractivity contribution in [3.05, 3.63) is 99.6 Å². The van der Waals surface area contributed by atoms with Gasteiger partial charge >= 0.3 is 6.03 Å². The molecule has 1 heterocycles. The van der Waals surface area contributed by atoms with Crippen molar-refractivity contribution < 1.29 is 9.53 Å². The number of para-hydroxylation sites is 1. The molecule has 2 N–H and O–H groups in total. The Hall–Kier alpha value is -3.60. The van der Waals surface area contributed by atoms with E-state index in [0.717, 1.165) is 57.9 Å². The Morgan fingerprint density at radius 3 is 2.26 bits per heavy atom. The number of amides is 2. The molecule has 1 unspecified atom stereocenters. The fourth-order valence-electron chi connectivity index (χ4n) is 5.26. The minimum Gasteiger partial charge on any atom is -0.493 e. The van der Waals surface area contributed by atoms with Crippen molar-refractivity contribution in [2.45, 2.75) is 72.9 Å². The molecular formula is C33H41N3O2. The predicted molar refractivity (Wildman–Crippen MR) is 156 cm³/mol. The summed E-state index contributed by atoms with van der Waals surface area (Å²) in [5, 5.41) is 6.17. The molecule has 0 saturated carbocycles. The number of urea groups is 1. The summed E-state index contributed by atoms with van der Waals surface area (Å²) >= 11 is 0. The number of unbranched alkanes of at least 4 members (excludes halogenated alkanes) is 2. The summed E-state index contributed by atoms with van der Waals surface area (Å²) in [5.41, 5.74) is 5.96. The summed E-state index contributed by atoms with van der Waals surface area (Å²) < 4.78 is 6.38. The number of aliphatic imine (C=N–C) groups is 1. The normalized spacial score (nSPS) is 17.1. The van der Waals surface area contributed by atoms with Crippen LogP contribution >= 0.6 is 0 Å². The van der Waals surface area contributed by atoms with E-state index in [9.17, 15) is 4.79 Å². The number of aryl methyl sites for hydroxylation is 4. The van der Waals surface area contributed by atoms with E-state index in [4.69, 9.17) is 9.73 Å². The Morgan fingerprint density at radius 1 is 0.842 bits per heavy atom. The zero-order valence-corrected chi connectivity index (χ0v) is 23.7. The van der Waals surface area contributed by atoms with Crippen molar-refractivity contribution >= 4 is 11.9 Å². The zero-order valence-electron chi connectivity index (χ0n) is 23.7. The maximum atomic E-state index is 13.3. The van der Waals surface area contributed by atoms with Crippen LogP contribution in [0.15, 0.2) is 65.7 Å². The Balaban J connectivity index is 1.80. The largest absolute Gasteiger partial charge is 0.493 e. The average Bonchev–Trinajstić information content (AvgIpc) is 2.85. The summed E-state index contributed by atoms with van der Waals surface area (Å²) in [4.78, 5) is 18.6. The number of benzene rings is 3. The molecule has 200 valence electrons. The highest BCUT2D eigenvalue weighted by Crippen LogP contribution is 2.40. The topological polar surface area (TPSA) is 62.7 Å². The Kier molecular flexibility index (Phi) is 8.55. The predicted octanol–water partition coefficient (Wildman–Crippen LogP) is 7.48. The van der Waals surface area contributed by atoms with E-state index in [1.165, 1.54) is 18.4 Å². The third-order valence-electron chi connectivity index (χ3n) is 7.17. The van der Waals surface area contributed by atoms with E-state index >= 15 is 0 Å². The van der Waals surface area contributed by atoms with Crippen LogP contribution in [-0.4, -0.2) is 18.5 Å². The van der Waals surface area contributed by atoms with Crippen LogP contribution < -0.4 is 15.4 Å². The van der Waals surface area contributed by atoms with Gasteiger partial charge in [-0.3, -0.25) is 5.32 Å². The molecule has 5 nitrogen and oxygen atoms in total. The van der Waals surface area contributed by atoms with Crippen molar-refractivity contribution in [3.8, 4) is 5.75 Å². The van der Waals surface area contributed by atoms with Crippen molar-refractivity contribution in [2.75, 3.05) is 6.61 Å². The number of hydrogen-bond acceptors (Lipinski definition) is 3. The quantitative estimate of drug-likeness (QED) is 0.277. The van der Waals surface area contributed by atoms with Crippen LogP contribution in [-0.2, 0) is 5.66 Å². The monoisotopic (exact) mass is 511 g/mol. The number of rotatable bonds is 10. The molecule has 0 radical (unpaired) electrons. The van der Waals surface area contributed by atoms with Gasteiger partial charge in [0.15, 0.2) is 5.66 Å². The van der Waals surface area contributed by atoms with E-state index < -0.39 is 5.66 Å². The number of carbonyl (C=O) groups excluding carboxylic acids is 1. The summed E-state index contributed by atoms with van der Waals surface area (Å²) in [6.45, 7) is 13.4. The first-order chi connectivity index (χ1) is 18.2. The SMILES string of the molecule is Cc1ccc(C2=NC(c3ccc(C)cc3C)(c3ccccc3OCCCCCC(C)C)NC(=O)N2)c(C)c1. The van der Waals surface area contributed by atoms with Crippen molar-refractivity contribution in [2.24, 2.45) is 10.9 Å². The number of nitrogens with one attached hydrogen (secondary N) is 2. The van der Waals surface area contributed by atoms with Gasteiger partial charge in [0.2, 0.25) is 0 Å². The Bertz CT molecular complexity index is 1330. The molecule has 3 aromatic carbocycles. The fourth-order valence-corrected chi connectivity index (χ4v) is 5.26. The lowest BCUT2D eigenvalue weighted by atomic mass is 9.86. The lowest BCUT2D eigenvalue weighted by Crippen LogP contribution is -2.57. The molecule has 1 atom stereocenters. The second-order valence-corrected chi connectivity index (χ2v) is 11.0. The molecule has 0 spiro atoms. The lowest BCUT2D eigenvalue weighted by Gasteiger charge is -2.38. The summed E-state index contributed by atoms with van der Waals surface area (Å²) in [6, 6.07) is 20.1. The lowest BCUT2D eigenvalue weighted by molar-refractivity contribution is 0.230. The molecule has 0 bridgehead atoms. The number of ether oxygens (including phenoxy) is 1. The zero-order chi connectivity index (χ0) is 27.3. The second kappa shape index (κ2) is 11.8. The Labute approximate surface area is 227 Å². The molecule has 2 amide bonds. The summed E-state index contributed by atoms with van der Waals surface area (Å²) in [5.74, 6) is 2.01. The standard InChI is InChI=1S/C33H41N3O2/c1-22(2)12-8-7-11-19-38-30-14-10-9-13-29(30)33(28-18-16-24(4)21-26(28)6)35-31(34-32(37)36-33)27-17-15-23(3)20-25(27)5/h9-10,13-18,20-22H,7-8,11-12,19H2,1-6H3,(H2,34,35,36,37). The first-order valence-corrected chi connectivity index (χ1v) is 13.8. The van der Waals surface area contributed by atoms with E-state index in [1.54, 1.807) is 0 Å². The summed E-state index contributed by atoms with van der Waals surface area (Å²) in [7, 11) is 0. The van der Waals surface area contributed by atoms with Crippen molar-refractivity contribution in [1.82, 2.24) is 10.6 Å². The molecule has 0 fully saturated rings. The number of nitrogens with zero attached hydrogens (tertiary/aromatic N) is 1. The first kappa shape index (κ1) is 27.4. The summed E-state index contributed by atoms with van der Waals surface area (Å²) in [6.07, 6.45) is 4.57. The smallest absolute Gasteiger partial charge is 0.322 e. The van der Waals surface area contributed by atoms with E-state index in [1.807, 2.05) is 43.3 Å². The van der Waals surface area contributed by atoms with Gasteiger partial charge in [-0.15, -0.1) is 0 Å². The molecule has 1 aliphatic rings. The molecule has 1 aliphatic heterocycles. The van der Waals surface area contributed by atoms with Crippen LogP contribution in [0.2, 0.25) is 0 Å². The van der Waals surface area contributed by atoms with Gasteiger partial charge in [-0.05, 0) is 57.2 Å². The molecular weight excluding hydrogens is 470 g/mol. The molecule has 4 rings (SSSR count). The van der Waals surface area contributed by atoms with Crippen molar-refractivity contribution in [1.29, 1.82) is 0 Å². The molecule has 5 heteroatoms. The van der Waals surface area contributed by atoms with Gasteiger partial charge in [0.1, 0.15) is 11.6 Å². The van der Waals surface area contributed by atoms with Crippen LogP contribution in [0, 0.1) is 33.6 Å². The minimum absolute atomic E-state index is 0.293. The van der Waals surface area contributed by atoms with Gasteiger partial charge in [-0.1, -0.05) is 98.8 Å². The van der Waals surface area contributed by atoms with Gasteiger partial charge in [0.05, 0.1) is 6.61 Å². The average molecular weight is 512 g/mol. The van der Waals surface area contributed by atoms with Crippen LogP contribution in [0.4, 0.5) is 4.79 Å². The third-order valence-corrected chi connectivity index (χ3v) is 7.17. The maximum Gasteiger partial charge on any atom is 0.322 e. The van der Waals surface area contributed by atoms with E-state index in [2.05, 4.69) is 69.5 Å². The van der Waals surface area contributed by atoms with Crippen LogP contribution in [0.5, 0.6) is 5.75 Å². The van der Waals surface area contributed by atoms with Crippen molar-refractivity contribution in [3.63, 3.8) is 0 Å². The number of hydrogen-bond donors (Lipinski definition) is 2. The van der Waals surface area contributed by atoms with Gasteiger partial charge in [-0.25, -0.2) is 9.79 Å². The van der Waals surface area contributed by atoms with Gasteiger partial charge in [-0.2, -0.15) is 0 Å². The first-order valence-electron chi connectivity index (χ1n) is 13.8. The maximum absolute atomic E-state index is 13.3. The molecule has 38 heavy (non-hydrogen) atoms.